The van der Waals surface area contributed by atoms with Gasteiger partial charge in [0.05, 0.1) is 24.5 Å². The van der Waals surface area contributed by atoms with Gasteiger partial charge >= 0.3 is 0 Å². The van der Waals surface area contributed by atoms with Gasteiger partial charge in [0.2, 0.25) is 5.91 Å². The minimum absolute atomic E-state index is 0.0689. The van der Waals surface area contributed by atoms with Crippen LogP contribution in [-0.2, 0) is 17.8 Å². The van der Waals surface area contributed by atoms with Crippen LogP contribution in [0.2, 0.25) is 0 Å². The standard InChI is InChI=1S/C23H25N3OS/c1-17-10-12-19(13-11-17)28-16-23(27)25-21-8-5-9-22-20(21)14-24-26(22)15-18-6-3-2-4-7-18/h2-4,6-7,10-14,21H,5,8-9,15-16H2,1H3,(H,25,27). The zero-order valence-electron chi connectivity index (χ0n) is 16.1. The van der Waals surface area contributed by atoms with Crippen molar-refractivity contribution < 1.29 is 4.79 Å². The van der Waals surface area contributed by atoms with Crippen molar-refractivity contribution in [2.45, 2.75) is 43.7 Å². The molecule has 1 atom stereocenters. The Morgan fingerprint density at radius 3 is 2.75 bits per heavy atom. The first-order valence-corrected chi connectivity index (χ1v) is 10.7. The molecular formula is C23H25N3OS. The van der Waals surface area contributed by atoms with Crippen molar-refractivity contribution in [3.8, 4) is 0 Å². The van der Waals surface area contributed by atoms with E-state index in [1.807, 2.05) is 12.3 Å². The van der Waals surface area contributed by atoms with Crippen LogP contribution in [0.5, 0.6) is 0 Å². The quantitative estimate of drug-likeness (QED) is 0.628. The maximum Gasteiger partial charge on any atom is 0.230 e. The van der Waals surface area contributed by atoms with Crippen LogP contribution in [-0.4, -0.2) is 21.4 Å². The Hall–Kier alpha value is -2.53. The summed E-state index contributed by atoms with van der Waals surface area (Å²) in [6, 6.07) is 18.8. The molecule has 1 aromatic heterocycles. The third kappa shape index (κ3) is 4.47. The molecule has 0 saturated heterocycles. The smallest absolute Gasteiger partial charge is 0.230 e. The van der Waals surface area contributed by atoms with Gasteiger partial charge in [0.15, 0.2) is 0 Å². The summed E-state index contributed by atoms with van der Waals surface area (Å²) in [4.78, 5) is 13.6. The van der Waals surface area contributed by atoms with Crippen LogP contribution in [0.4, 0.5) is 0 Å². The Labute approximate surface area is 170 Å². The molecule has 28 heavy (non-hydrogen) atoms. The summed E-state index contributed by atoms with van der Waals surface area (Å²) in [7, 11) is 0. The Morgan fingerprint density at radius 2 is 1.96 bits per heavy atom. The van der Waals surface area contributed by atoms with E-state index >= 15 is 0 Å². The van der Waals surface area contributed by atoms with Gasteiger partial charge in [-0.25, -0.2) is 0 Å². The molecule has 1 N–H and O–H groups in total. The maximum absolute atomic E-state index is 12.5. The molecule has 0 fully saturated rings. The predicted molar refractivity (Wildman–Crippen MR) is 113 cm³/mol. The molecule has 0 radical (unpaired) electrons. The molecule has 4 rings (SSSR count). The van der Waals surface area contributed by atoms with E-state index in [9.17, 15) is 4.79 Å². The summed E-state index contributed by atoms with van der Waals surface area (Å²) in [5, 5.41) is 7.83. The van der Waals surface area contributed by atoms with E-state index in [1.165, 1.54) is 22.4 Å². The SMILES string of the molecule is Cc1ccc(SCC(=O)NC2CCCc3c2cnn3Cc2ccccc2)cc1. The summed E-state index contributed by atoms with van der Waals surface area (Å²) < 4.78 is 2.09. The molecule has 0 saturated carbocycles. The number of rotatable bonds is 6. The second-order valence-electron chi connectivity index (χ2n) is 7.30. The third-order valence-corrected chi connectivity index (χ3v) is 6.18. The first kappa shape index (κ1) is 18.8. The second-order valence-corrected chi connectivity index (χ2v) is 8.35. The second kappa shape index (κ2) is 8.65. The highest BCUT2D eigenvalue weighted by Gasteiger charge is 2.25. The normalized spacial score (nSPS) is 15.8. The van der Waals surface area contributed by atoms with Crippen LogP contribution < -0.4 is 5.32 Å². The van der Waals surface area contributed by atoms with Gasteiger partial charge in [-0.2, -0.15) is 5.10 Å². The topological polar surface area (TPSA) is 46.9 Å². The van der Waals surface area contributed by atoms with Crippen molar-refractivity contribution in [3.63, 3.8) is 0 Å². The van der Waals surface area contributed by atoms with Gasteiger partial charge < -0.3 is 5.32 Å². The zero-order valence-corrected chi connectivity index (χ0v) is 16.9. The van der Waals surface area contributed by atoms with E-state index in [0.717, 1.165) is 30.7 Å². The number of carbonyl (C=O) groups is 1. The minimum Gasteiger partial charge on any atom is -0.348 e. The average molecular weight is 392 g/mol. The van der Waals surface area contributed by atoms with Gasteiger partial charge in [0, 0.05) is 16.2 Å². The van der Waals surface area contributed by atoms with Crippen LogP contribution in [0.25, 0.3) is 0 Å². The lowest BCUT2D eigenvalue weighted by molar-refractivity contribution is -0.119. The minimum atomic E-state index is 0.0689. The highest BCUT2D eigenvalue weighted by Crippen LogP contribution is 2.30. The number of fused-ring (bicyclic) bond motifs is 1. The molecule has 4 nitrogen and oxygen atoms in total. The van der Waals surface area contributed by atoms with E-state index in [-0.39, 0.29) is 11.9 Å². The number of aryl methyl sites for hydroxylation is 1. The maximum atomic E-state index is 12.5. The number of nitrogens with zero attached hydrogens (tertiary/aromatic N) is 2. The molecule has 1 amide bonds. The van der Waals surface area contributed by atoms with Crippen molar-refractivity contribution in [1.29, 1.82) is 0 Å². The molecule has 0 spiro atoms. The number of benzene rings is 2. The summed E-state index contributed by atoms with van der Waals surface area (Å²) >= 11 is 1.58. The van der Waals surface area contributed by atoms with E-state index in [2.05, 4.69) is 70.6 Å². The van der Waals surface area contributed by atoms with E-state index < -0.39 is 0 Å². The van der Waals surface area contributed by atoms with Gasteiger partial charge in [-0.05, 0) is 43.9 Å². The summed E-state index contributed by atoms with van der Waals surface area (Å²) in [6.45, 7) is 2.85. The highest BCUT2D eigenvalue weighted by molar-refractivity contribution is 8.00. The molecule has 1 aliphatic rings. The Kier molecular flexibility index (Phi) is 5.81. The summed E-state index contributed by atoms with van der Waals surface area (Å²) in [5.41, 5.74) is 4.91. The van der Waals surface area contributed by atoms with Crippen LogP contribution in [0.3, 0.4) is 0 Å². The lowest BCUT2D eigenvalue weighted by atomic mass is 9.93. The number of amides is 1. The van der Waals surface area contributed by atoms with Crippen LogP contribution >= 0.6 is 11.8 Å². The number of aromatic nitrogens is 2. The largest absolute Gasteiger partial charge is 0.348 e. The van der Waals surface area contributed by atoms with Gasteiger partial charge in [0.25, 0.3) is 0 Å². The van der Waals surface area contributed by atoms with Crippen molar-refractivity contribution >= 4 is 17.7 Å². The fourth-order valence-corrected chi connectivity index (χ4v) is 4.39. The first-order chi connectivity index (χ1) is 13.7. The highest BCUT2D eigenvalue weighted by atomic mass is 32.2. The van der Waals surface area contributed by atoms with Crippen molar-refractivity contribution in [2.75, 3.05) is 5.75 Å². The predicted octanol–water partition coefficient (Wildman–Crippen LogP) is 4.53. The van der Waals surface area contributed by atoms with Crippen LogP contribution in [0, 0.1) is 6.92 Å². The molecule has 144 valence electrons. The number of carbonyl (C=O) groups excluding carboxylic acids is 1. The van der Waals surface area contributed by atoms with E-state index in [1.54, 1.807) is 11.8 Å². The van der Waals surface area contributed by atoms with Crippen LogP contribution in [0.1, 0.15) is 41.3 Å². The fourth-order valence-electron chi connectivity index (χ4n) is 3.68. The van der Waals surface area contributed by atoms with Gasteiger partial charge in [-0.1, -0.05) is 48.0 Å². The van der Waals surface area contributed by atoms with Crippen molar-refractivity contribution in [2.24, 2.45) is 0 Å². The Bertz CT molecular complexity index is 934. The van der Waals surface area contributed by atoms with E-state index in [4.69, 9.17) is 0 Å². The molecule has 2 aromatic carbocycles. The van der Waals surface area contributed by atoms with E-state index in [0.29, 0.717) is 5.75 Å². The molecule has 0 bridgehead atoms. The molecule has 1 aliphatic carbocycles. The lowest BCUT2D eigenvalue weighted by Gasteiger charge is -2.24. The third-order valence-electron chi connectivity index (χ3n) is 5.16. The Balaban J connectivity index is 1.39. The Morgan fingerprint density at radius 1 is 1.18 bits per heavy atom. The molecule has 3 aromatic rings. The van der Waals surface area contributed by atoms with Crippen LogP contribution in [0.15, 0.2) is 65.7 Å². The van der Waals surface area contributed by atoms with Gasteiger partial charge in [-0.3, -0.25) is 9.48 Å². The molecule has 1 heterocycles. The zero-order chi connectivity index (χ0) is 19.3. The number of thioether (sulfide) groups is 1. The van der Waals surface area contributed by atoms with Crippen molar-refractivity contribution in [3.05, 3.63) is 83.2 Å². The van der Waals surface area contributed by atoms with Gasteiger partial charge in [0.1, 0.15) is 0 Å². The van der Waals surface area contributed by atoms with Gasteiger partial charge in [-0.15, -0.1) is 11.8 Å². The monoisotopic (exact) mass is 391 g/mol. The number of nitrogens with one attached hydrogen (secondary N) is 1. The first-order valence-electron chi connectivity index (χ1n) is 9.76. The molecule has 1 unspecified atom stereocenters. The summed E-state index contributed by atoms with van der Waals surface area (Å²) in [5.74, 6) is 0.520. The molecule has 0 aliphatic heterocycles. The number of hydrogen-bond acceptors (Lipinski definition) is 3. The van der Waals surface area contributed by atoms with Crippen molar-refractivity contribution in [1.82, 2.24) is 15.1 Å². The average Bonchev–Trinajstić information content (AvgIpc) is 3.12. The fraction of sp³-hybridized carbons (Fsp3) is 0.304. The summed E-state index contributed by atoms with van der Waals surface area (Å²) in [6.07, 6.45) is 5.01. The lowest BCUT2D eigenvalue weighted by Crippen LogP contribution is -2.32. The molecule has 5 heteroatoms. The molecular weight excluding hydrogens is 366 g/mol. The number of hydrogen-bond donors (Lipinski definition) is 1.